The van der Waals surface area contributed by atoms with E-state index in [4.69, 9.17) is 9.47 Å². The van der Waals surface area contributed by atoms with Crippen molar-refractivity contribution in [3.8, 4) is 11.5 Å². The molecule has 0 aromatic heterocycles. The summed E-state index contributed by atoms with van der Waals surface area (Å²) in [6.45, 7) is 4.96. The van der Waals surface area contributed by atoms with Gasteiger partial charge in [0.15, 0.2) is 11.5 Å². The van der Waals surface area contributed by atoms with E-state index < -0.39 is 0 Å². The maximum atomic E-state index is 5.77. The number of benzene rings is 1. The summed E-state index contributed by atoms with van der Waals surface area (Å²) in [5.74, 6) is 1.54. The average molecular weight is 248 g/mol. The summed E-state index contributed by atoms with van der Waals surface area (Å²) in [6, 6.07) is 5.96. The minimum Gasteiger partial charge on any atom is -0.493 e. The Hall–Kier alpha value is -1.71. The Balaban J connectivity index is 2.29. The Morgan fingerprint density at radius 3 is 2.72 bits per heavy atom. The number of hydrazone groups is 1. The normalized spacial score (nSPS) is 15.0. The van der Waals surface area contributed by atoms with Crippen LogP contribution in [-0.4, -0.2) is 25.5 Å². The third-order valence-corrected chi connectivity index (χ3v) is 2.78. The average Bonchev–Trinajstić information content (AvgIpc) is 2.39. The van der Waals surface area contributed by atoms with Crippen LogP contribution >= 0.6 is 0 Å². The van der Waals surface area contributed by atoms with Gasteiger partial charge in [-0.3, -0.25) is 0 Å². The molecule has 0 unspecified atom stereocenters. The van der Waals surface area contributed by atoms with E-state index in [1.165, 1.54) is 0 Å². The quantitative estimate of drug-likeness (QED) is 0.890. The summed E-state index contributed by atoms with van der Waals surface area (Å²) in [7, 11) is 1.65. The van der Waals surface area contributed by atoms with E-state index in [1.807, 2.05) is 32.0 Å². The summed E-state index contributed by atoms with van der Waals surface area (Å²) < 4.78 is 11.1. The second-order valence-corrected chi connectivity index (χ2v) is 4.60. The van der Waals surface area contributed by atoms with Crippen molar-refractivity contribution in [3.63, 3.8) is 0 Å². The van der Waals surface area contributed by atoms with Crippen molar-refractivity contribution in [3.05, 3.63) is 23.8 Å². The number of nitrogens with one attached hydrogen (secondary N) is 1. The molecule has 4 nitrogen and oxygen atoms in total. The zero-order valence-electron chi connectivity index (χ0n) is 11.2. The van der Waals surface area contributed by atoms with Crippen molar-refractivity contribution in [2.75, 3.05) is 13.7 Å². The Labute approximate surface area is 108 Å². The van der Waals surface area contributed by atoms with E-state index in [0.29, 0.717) is 0 Å². The summed E-state index contributed by atoms with van der Waals surface area (Å²) >= 11 is 0. The predicted octanol–water partition coefficient (Wildman–Crippen LogP) is 2.57. The summed E-state index contributed by atoms with van der Waals surface area (Å²) in [5.41, 5.74) is 5.22. The van der Waals surface area contributed by atoms with Crippen molar-refractivity contribution in [2.24, 2.45) is 5.10 Å². The van der Waals surface area contributed by atoms with Crippen LogP contribution in [0.2, 0.25) is 0 Å². The molecule has 0 radical (unpaired) electrons. The molecule has 4 heteroatoms. The second-order valence-electron chi connectivity index (χ2n) is 4.60. The van der Waals surface area contributed by atoms with Gasteiger partial charge in [0.1, 0.15) is 0 Å². The highest BCUT2D eigenvalue weighted by Gasteiger charge is 2.12. The third-order valence-electron chi connectivity index (χ3n) is 2.78. The molecule has 1 heterocycles. The summed E-state index contributed by atoms with van der Waals surface area (Å²) in [4.78, 5) is 0. The van der Waals surface area contributed by atoms with Gasteiger partial charge >= 0.3 is 0 Å². The molecule has 0 atom stereocenters. The standard InChI is InChI=1S/C14H20N2O2/c1-10(2)18-14-9-11(6-7-13(14)17-3)12-5-4-8-15-16-12/h6-7,9-10,15H,4-5,8H2,1-3H3. The van der Waals surface area contributed by atoms with Crippen LogP contribution in [0.3, 0.4) is 0 Å². The molecule has 0 amide bonds. The molecule has 98 valence electrons. The minimum atomic E-state index is 0.126. The lowest BCUT2D eigenvalue weighted by atomic mass is 10.0. The van der Waals surface area contributed by atoms with Crippen LogP contribution in [0.25, 0.3) is 0 Å². The summed E-state index contributed by atoms with van der Waals surface area (Å²) in [5, 5.41) is 4.35. The van der Waals surface area contributed by atoms with Crippen molar-refractivity contribution in [1.82, 2.24) is 5.43 Å². The molecule has 1 aliphatic rings. The van der Waals surface area contributed by atoms with E-state index in [0.717, 1.165) is 42.2 Å². The SMILES string of the molecule is COc1ccc(C2=NNCCC2)cc1OC(C)C. The lowest BCUT2D eigenvalue weighted by Gasteiger charge is -2.17. The van der Waals surface area contributed by atoms with Crippen LogP contribution in [0, 0.1) is 0 Å². The third kappa shape index (κ3) is 2.94. The highest BCUT2D eigenvalue weighted by atomic mass is 16.5. The molecule has 1 N–H and O–H groups in total. The van der Waals surface area contributed by atoms with Crippen LogP contribution in [0.15, 0.2) is 23.3 Å². The molecule has 0 bridgehead atoms. The van der Waals surface area contributed by atoms with Crippen LogP contribution < -0.4 is 14.9 Å². The number of hydrogen-bond donors (Lipinski definition) is 1. The first kappa shape index (κ1) is 12.7. The number of hydrogen-bond acceptors (Lipinski definition) is 4. The van der Waals surface area contributed by atoms with Crippen LogP contribution in [0.5, 0.6) is 11.5 Å². The topological polar surface area (TPSA) is 42.8 Å². The molecule has 0 saturated carbocycles. The van der Waals surface area contributed by atoms with E-state index in [9.17, 15) is 0 Å². The van der Waals surface area contributed by atoms with Gasteiger partial charge in [0, 0.05) is 12.1 Å². The van der Waals surface area contributed by atoms with E-state index in [1.54, 1.807) is 7.11 Å². The van der Waals surface area contributed by atoms with Gasteiger partial charge in [-0.05, 0) is 44.9 Å². The fraction of sp³-hybridized carbons (Fsp3) is 0.500. The molecule has 0 saturated heterocycles. The Morgan fingerprint density at radius 2 is 2.11 bits per heavy atom. The Bertz CT molecular complexity index is 441. The molecule has 18 heavy (non-hydrogen) atoms. The van der Waals surface area contributed by atoms with Crippen LogP contribution in [-0.2, 0) is 0 Å². The largest absolute Gasteiger partial charge is 0.493 e. The molecule has 0 spiro atoms. The molecule has 0 aliphatic carbocycles. The maximum absolute atomic E-state index is 5.77. The highest BCUT2D eigenvalue weighted by molar-refractivity contribution is 6.01. The number of ether oxygens (including phenoxy) is 2. The van der Waals surface area contributed by atoms with E-state index >= 15 is 0 Å². The van der Waals surface area contributed by atoms with Crippen LogP contribution in [0.4, 0.5) is 0 Å². The van der Waals surface area contributed by atoms with Gasteiger partial charge in [-0.25, -0.2) is 0 Å². The van der Waals surface area contributed by atoms with Gasteiger partial charge in [0.2, 0.25) is 0 Å². The Morgan fingerprint density at radius 1 is 1.28 bits per heavy atom. The molecule has 1 aromatic carbocycles. The second kappa shape index (κ2) is 5.76. The lowest BCUT2D eigenvalue weighted by molar-refractivity contribution is 0.230. The fourth-order valence-corrected chi connectivity index (χ4v) is 1.95. The molecule has 0 fully saturated rings. The predicted molar refractivity (Wildman–Crippen MR) is 72.5 cm³/mol. The van der Waals surface area contributed by atoms with E-state index in [2.05, 4.69) is 10.5 Å². The maximum Gasteiger partial charge on any atom is 0.162 e. The zero-order chi connectivity index (χ0) is 13.0. The molecule has 1 aliphatic heterocycles. The van der Waals surface area contributed by atoms with Crippen molar-refractivity contribution in [2.45, 2.75) is 32.8 Å². The Kier molecular flexibility index (Phi) is 4.07. The number of methoxy groups -OCH3 is 1. The first-order valence-corrected chi connectivity index (χ1v) is 6.35. The van der Waals surface area contributed by atoms with Crippen LogP contribution in [0.1, 0.15) is 32.3 Å². The van der Waals surface area contributed by atoms with Gasteiger partial charge in [-0.15, -0.1) is 0 Å². The van der Waals surface area contributed by atoms with Crippen molar-refractivity contribution in [1.29, 1.82) is 0 Å². The minimum absolute atomic E-state index is 0.126. The van der Waals surface area contributed by atoms with E-state index in [-0.39, 0.29) is 6.10 Å². The molecule has 2 rings (SSSR count). The van der Waals surface area contributed by atoms with Crippen molar-refractivity contribution >= 4 is 5.71 Å². The number of rotatable bonds is 4. The first-order valence-electron chi connectivity index (χ1n) is 6.35. The van der Waals surface area contributed by atoms with Gasteiger partial charge in [-0.1, -0.05) is 0 Å². The first-order chi connectivity index (χ1) is 8.70. The smallest absolute Gasteiger partial charge is 0.162 e. The highest BCUT2D eigenvalue weighted by Crippen LogP contribution is 2.29. The van der Waals surface area contributed by atoms with Crippen molar-refractivity contribution < 1.29 is 9.47 Å². The summed E-state index contributed by atoms with van der Waals surface area (Å²) in [6.07, 6.45) is 2.24. The monoisotopic (exact) mass is 248 g/mol. The molecular formula is C14H20N2O2. The number of nitrogens with zero attached hydrogens (tertiary/aromatic N) is 1. The van der Waals surface area contributed by atoms with Gasteiger partial charge in [0.25, 0.3) is 0 Å². The van der Waals surface area contributed by atoms with Gasteiger partial charge < -0.3 is 14.9 Å². The fourth-order valence-electron chi connectivity index (χ4n) is 1.95. The molecule has 1 aromatic rings. The lowest BCUT2D eigenvalue weighted by Crippen LogP contribution is -2.19. The van der Waals surface area contributed by atoms with Gasteiger partial charge in [-0.2, -0.15) is 5.10 Å². The molecular weight excluding hydrogens is 228 g/mol. The van der Waals surface area contributed by atoms with Gasteiger partial charge in [0.05, 0.1) is 18.9 Å². The zero-order valence-corrected chi connectivity index (χ0v) is 11.2.